The second-order valence-electron chi connectivity index (χ2n) is 7.41. The molecule has 0 atom stereocenters. The van der Waals surface area contributed by atoms with Gasteiger partial charge in [0, 0.05) is 17.0 Å². The largest absolute Gasteiger partial charge is 0.324 e. The number of amides is 3. The van der Waals surface area contributed by atoms with E-state index >= 15 is 0 Å². The van der Waals surface area contributed by atoms with Gasteiger partial charge in [-0.3, -0.25) is 19.3 Å². The quantitative estimate of drug-likeness (QED) is 0.534. The lowest BCUT2D eigenvalue weighted by Gasteiger charge is -2.32. The molecule has 0 bridgehead atoms. The maximum absolute atomic E-state index is 12.8. The van der Waals surface area contributed by atoms with Crippen LogP contribution in [0.15, 0.2) is 30.3 Å². The van der Waals surface area contributed by atoms with Crippen LogP contribution in [0.5, 0.6) is 0 Å². The van der Waals surface area contributed by atoms with E-state index in [1.165, 1.54) is 17.0 Å². The van der Waals surface area contributed by atoms with Crippen LogP contribution < -0.4 is 5.32 Å². The first kappa shape index (κ1) is 21.4. The number of hydrogen-bond acceptors (Lipinski definition) is 3. The highest BCUT2D eigenvalue weighted by Crippen LogP contribution is 2.37. The van der Waals surface area contributed by atoms with E-state index in [0.29, 0.717) is 41.4 Å². The van der Waals surface area contributed by atoms with Gasteiger partial charge in [0.25, 0.3) is 11.8 Å². The molecule has 1 aliphatic heterocycles. The van der Waals surface area contributed by atoms with E-state index in [0.717, 1.165) is 0 Å². The van der Waals surface area contributed by atoms with Crippen LogP contribution in [0.25, 0.3) is 0 Å². The van der Waals surface area contributed by atoms with Crippen LogP contribution >= 0.6 is 46.4 Å². The molecule has 4 rings (SSSR count). The molecule has 30 heavy (non-hydrogen) atoms. The first-order valence-electron chi connectivity index (χ1n) is 9.39. The van der Waals surface area contributed by atoms with Crippen molar-refractivity contribution in [1.29, 1.82) is 0 Å². The van der Waals surface area contributed by atoms with Crippen LogP contribution in [0, 0.1) is 5.92 Å². The predicted molar refractivity (Wildman–Crippen MR) is 118 cm³/mol. The molecule has 0 unspecified atom stereocenters. The monoisotopic (exact) mass is 484 g/mol. The van der Waals surface area contributed by atoms with E-state index in [1.807, 2.05) is 0 Å². The maximum Gasteiger partial charge on any atom is 0.261 e. The van der Waals surface area contributed by atoms with Gasteiger partial charge in [-0.25, -0.2) is 0 Å². The van der Waals surface area contributed by atoms with Crippen LogP contribution in [0.1, 0.15) is 46.4 Å². The third kappa shape index (κ3) is 3.92. The lowest BCUT2D eigenvalue weighted by Crippen LogP contribution is -2.43. The molecule has 9 heteroatoms. The normalized spacial score (nSPS) is 21.0. The molecule has 156 valence electrons. The molecule has 2 aliphatic rings. The molecule has 1 saturated carbocycles. The third-order valence-electron chi connectivity index (χ3n) is 5.58. The summed E-state index contributed by atoms with van der Waals surface area (Å²) in [4.78, 5) is 39.5. The van der Waals surface area contributed by atoms with Crippen molar-refractivity contribution in [2.24, 2.45) is 5.92 Å². The Balaban J connectivity index is 1.42. The zero-order chi connectivity index (χ0) is 21.6. The van der Waals surface area contributed by atoms with Crippen molar-refractivity contribution in [3.05, 3.63) is 61.5 Å². The fraction of sp³-hybridized carbons (Fsp3) is 0.286. The fourth-order valence-corrected chi connectivity index (χ4v) is 4.67. The Kier molecular flexibility index (Phi) is 5.99. The molecule has 0 spiro atoms. The molecule has 1 N–H and O–H groups in total. The standard InChI is InChI=1S/C21H16Cl4N2O3/c22-11-3-6-15(23)18(7-11)26-19(28)10-1-4-12(5-2-10)27-20(29)13-8-16(24)17(25)9-14(13)21(27)30/h3,6-10,12H,1-2,4-5H2,(H,26,28). The highest BCUT2D eigenvalue weighted by molar-refractivity contribution is 6.43. The number of benzene rings is 2. The number of carbonyl (C=O) groups is 3. The molecule has 1 aliphatic carbocycles. The average Bonchev–Trinajstić information content (AvgIpc) is 2.95. The number of nitrogens with zero attached hydrogens (tertiary/aromatic N) is 1. The third-order valence-corrected chi connectivity index (χ3v) is 6.86. The van der Waals surface area contributed by atoms with Gasteiger partial charge < -0.3 is 5.32 Å². The van der Waals surface area contributed by atoms with Gasteiger partial charge in [-0.2, -0.15) is 0 Å². The van der Waals surface area contributed by atoms with Crippen molar-refractivity contribution in [2.45, 2.75) is 31.7 Å². The number of nitrogens with one attached hydrogen (secondary N) is 1. The Morgan fingerprint density at radius 3 is 1.97 bits per heavy atom. The Morgan fingerprint density at radius 2 is 1.40 bits per heavy atom. The molecule has 1 fully saturated rings. The van der Waals surface area contributed by atoms with Crippen LogP contribution in [0.4, 0.5) is 5.69 Å². The minimum absolute atomic E-state index is 0.154. The van der Waals surface area contributed by atoms with E-state index in [9.17, 15) is 14.4 Å². The smallest absolute Gasteiger partial charge is 0.261 e. The summed E-state index contributed by atoms with van der Waals surface area (Å²) in [5.74, 6) is -1.13. The zero-order valence-corrected chi connectivity index (χ0v) is 18.6. The van der Waals surface area contributed by atoms with Gasteiger partial charge in [0.1, 0.15) is 0 Å². The second kappa shape index (κ2) is 8.39. The molecular weight excluding hydrogens is 470 g/mol. The molecular formula is C21H16Cl4N2O3. The average molecular weight is 486 g/mol. The van der Waals surface area contributed by atoms with E-state index in [4.69, 9.17) is 46.4 Å². The summed E-state index contributed by atoms with van der Waals surface area (Å²) in [7, 11) is 0. The predicted octanol–water partition coefficient (Wildman–Crippen LogP) is 6.09. The van der Waals surface area contributed by atoms with Crippen molar-refractivity contribution in [3.63, 3.8) is 0 Å². The van der Waals surface area contributed by atoms with Crippen molar-refractivity contribution in [3.8, 4) is 0 Å². The molecule has 3 amide bonds. The minimum atomic E-state index is -0.368. The first-order chi connectivity index (χ1) is 14.3. The van der Waals surface area contributed by atoms with Gasteiger partial charge in [0.15, 0.2) is 0 Å². The molecule has 0 radical (unpaired) electrons. The van der Waals surface area contributed by atoms with Crippen LogP contribution in [0.2, 0.25) is 20.1 Å². The number of imide groups is 1. The van der Waals surface area contributed by atoms with E-state index in [-0.39, 0.29) is 50.9 Å². The van der Waals surface area contributed by atoms with Crippen molar-refractivity contribution in [2.75, 3.05) is 5.32 Å². The minimum Gasteiger partial charge on any atom is -0.324 e. The summed E-state index contributed by atoms with van der Waals surface area (Å²) >= 11 is 24.1. The Bertz CT molecular complexity index is 1020. The summed E-state index contributed by atoms with van der Waals surface area (Å²) in [5.41, 5.74) is 1.00. The molecule has 1 heterocycles. The Morgan fingerprint density at radius 1 is 0.833 bits per heavy atom. The lowest BCUT2D eigenvalue weighted by atomic mass is 9.84. The highest BCUT2D eigenvalue weighted by atomic mass is 35.5. The Labute approximate surface area is 193 Å². The number of hydrogen-bond donors (Lipinski definition) is 1. The highest BCUT2D eigenvalue weighted by Gasteiger charge is 2.42. The topological polar surface area (TPSA) is 66.5 Å². The number of carbonyl (C=O) groups excluding carboxylic acids is 3. The van der Waals surface area contributed by atoms with Crippen molar-refractivity contribution >= 4 is 69.8 Å². The molecule has 0 aromatic heterocycles. The van der Waals surface area contributed by atoms with Gasteiger partial charge >= 0.3 is 0 Å². The maximum atomic E-state index is 12.8. The SMILES string of the molecule is O=C(Nc1cc(Cl)ccc1Cl)C1CCC(N2C(=O)c3cc(Cl)c(Cl)cc3C2=O)CC1. The van der Waals surface area contributed by atoms with Gasteiger partial charge in [-0.1, -0.05) is 46.4 Å². The van der Waals surface area contributed by atoms with E-state index < -0.39 is 0 Å². The van der Waals surface area contributed by atoms with Gasteiger partial charge in [0.05, 0.1) is 31.9 Å². The summed E-state index contributed by atoms with van der Waals surface area (Å²) in [5, 5.41) is 4.17. The van der Waals surface area contributed by atoms with Gasteiger partial charge in [-0.05, 0) is 56.0 Å². The molecule has 2 aromatic carbocycles. The van der Waals surface area contributed by atoms with Gasteiger partial charge in [0.2, 0.25) is 5.91 Å². The molecule has 0 saturated heterocycles. The second-order valence-corrected chi connectivity index (χ2v) is 9.07. The summed E-state index contributed by atoms with van der Waals surface area (Å²) in [6.07, 6.45) is 2.16. The van der Waals surface area contributed by atoms with Gasteiger partial charge in [-0.15, -0.1) is 0 Å². The number of halogens is 4. The Hall–Kier alpha value is -1.79. The van der Waals surface area contributed by atoms with Crippen LogP contribution in [-0.2, 0) is 4.79 Å². The van der Waals surface area contributed by atoms with E-state index in [1.54, 1.807) is 18.2 Å². The van der Waals surface area contributed by atoms with Crippen molar-refractivity contribution in [1.82, 2.24) is 4.90 Å². The summed E-state index contributed by atoms with van der Waals surface area (Å²) in [6, 6.07) is 7.47. The number of fused-ring (bicyclic) bond motifs is 1. The lowest BCUT2D eigenvalue weighted by molar-refractivity contribution is -0.121. The fourth-order valence-electron chi connectivity index (χ4n) is 4.01. The first-order valence-corrected chi connectivity index (χ1v) is 10.9. The van der Waals surface area contributed by atoms with E-state index in [2.05, 4.69) is 5.32 Å². The zero-order valence-electron chi connectivity index (χ0n) is 15.6. The summed E-state index contributed by atoms with van der Waals surface area (Å²) < 4.78 is 0. The van der Waals surface area contributed by atoms with Crippen LogP contribution in [-0.4, -0.2) is 28.7 Å². The number of rotatable bonds is 3. The number of anilines is 1. The summed E-state index contributed by atoms with van der Waals surface area (Å²) in [6.45, 7) is 0. The van der Waals surface area contributed by atoms with Crippen LogP contribution in [0.3, 0.4) is 0 Å². The molecule has 5 nitrogen and oxygen atoms in total. The van der Waals surface area contributed by atoms with Crippen molar-refractivity contribution < 1.29 is 14.4 Å². The molecule has 2 aromatic rings.